The van der Waals surface area contributed by atoms with E-state index in [0.29, 0.717) is 25.8 Å². The third kappa shape index (κ3) is 22.5. The van der Waals surface area contributed by atoms with Crippen LogP contribution in [0.4, 0.5) is 0 Å². The zero-order chi connectivity index (χ0) is 19.7. The molecule has 0 spiro atoms. The van der Waals surface area contributed by atoms with Crippen molar-refractivity contribution >= 4 is 16.0 Å². The molecule has 0 radical (unpaired) electrons. The molecule has 7 heteroatoms. The number of carbonyl (C=O) groups excluding carboxylic acids is 1. The van der Waals surface area contributed by atoms with Gasteiger partial charge in [0.25, 0.3) is 0 Å². The first kappa shape index (κ1) is 29.6. The van der Waals surface area contributed by atoms with Crippen LogP contribution in [0, 0.1) is 0 Å². The standard InChI is InChI=1S/C20H41NO4S.Na/c1-3-4-5-6-7-8-9-10-11-12-13-14-17-20(22)21(2)18-15-16-19-26(23,24)25;/h3-19H2,1-2H3,(H,23,24,25);/q;+1/p-1. The number of nitrogens with zero attached hydrogens (tertiary/aromatic N) is 1. The third-order valence-corrected chi connectivity index (χ3v) is 5.60. The number of hydrogen-bond acceptors (Lipinski definition) is 4. The first-order valence-corrected chi connectivity index (χ1v) is 12.1. The number of hydrogen-bond donors (Lipinski definition) is 0. The number of carbonyl (C=O) groups is 1. The average molecular weight is 414 g/mol. The summed E-state index contributed by atoms with van der Waals surface area (Å²) in [6.45, 7) is 2.77. The van der Waals surface area contributed by atoms with Crippen LogP contribution in [0.3, 0.4) is 0 Å². The van der Waals surface area contributed by atoms with E-state index < -0.39 is 10.1 Å². The van der Waals surface area contributed by atoms with Gasteiger partial charge in [-0.25, -0.2) is 8.42 Å². The van der Waals surface area contributed by atoms with Crippen molar-refractivity contribution < 1.29 is 47.3 Å². The average Bonchev–Trinajstić information content (AvgIpc) is 2.58. The van der Waals surface area contributed by atoms with Gasteiger partial charge >= 0.3 is 29.6 Å². The Balaban J connectivity index is 0. The van der Waals surface area contributed by atoms with Gasteiger partial charge in [0.15, 0.2) is 0 Å². The van der Waals surface area contributed by atoms with Gasteiger partial charge in [-0.2, -0.15) is 0 Å². The molecule has 0 heterocycles. The Bertz CT molecular complexity index is 443. The molecule has 156 valence electrons. The smallest absolute Gasteiger partial charge is 0.748 e. The van der Waals surface area contributed by atoms with Gasteiger partial charge in [0.1, 0.15) is 0 Å². The fourth-order valence-electron chi connectivity index (χ4n) is 3.06. The topological polar surface area (TPSA) is 77.5 Å². The Morgan fingerprint density at radius 1 is 0.778 bits per heavy atom. The quantitative estimate of drug-likeness (QED) is 0.195. The second-order valence-corrected chi connectivity index (χ2v) is 8.95. The van der Waals surface area contributed by atoms with Gasteiger partial charge in [-0.05, 0) is 19.3 Å². The summed E-state index contributed by atoms with van der Waals surface area (Å²) in [5.74, 6) is -0.226. The molecule has 27 heavy (non-hydrogen) atoms. The molecule has 0 saturated carbocycles. The van der Waals surface area contributed by atoms with Gasteiger partial charge in [0, 0.05) is 25.8 Å². The Labute approximate surface area is 190 Å². The summed E-state index contributed by atoms with van der Waals surface area (Å²) in [7, 11) is -2.39. The first-order valence-electron chi connectivity index (χ1n) is 10.5. The molecule has 0 aromatic rings. The normalized spacial score (nSPS) is 11.2. The minimum Gasteiger partial charge on any atom is -0.748 e. The third-order valence-electron chi connectivity index (χ3n) is 4.81. The Hall–Kier alpha value is 0.380. The van der Waals surface area contributed by atoms with Crippen LogP contribution in [0.2, 0.25) is 0 Å². The first-order chi connectivity index (χ1) is 12.4. The maximum Gasteiger partial charge on any atom is 1.00 e. The Morgan fingerprint density at radius 3 is 1.67 bits per heavy atom. The van der Waals surface area contributed by atoms with Gasteiger partial charge in [-0.3, -0.25) is 4.79 Å². The molecular formula is C20H40NNaO4S. The summed E-state index contributed by atoms with van der Waals surface area (Å²) in [4.78, 5) is 13.6. The number of unbranched alkanes of at least 4 members (excludes halogenated alkanes) is 12. The van der Waals surface area contributed by atoms with E-state index in [4.69, 9.17) is 0 Å². The van der Waals surface area contributed by atoms with E-state index >= 15 is 0 Å². The van der Waals surface area contributed by atoms with Crippen molar-refractivity contribution in [2.75, 3.05) is 19.3 Å². The summed E-state index contributed by atoms with van der Waals surface area (Å²) in [6, 6.07) is 0. The van der Waals surface area contributed by atoms with Crippen molar-refractivity contribution in [3.63, 3.8) is 0 Å². The van der Waals surface area contributed by atoms with Crippen molar-refractivity contribution in [1.82, 2.24) is 4.90 Å². The van der Waals surface area contributed by atoms with E-state index in [0.717, 1.165) is 12.8 Å². The monoisotopic (exact) mass is 413 g/mol. The van der Waals surface area contributed by atoms with Crippen LogP contribution in [0.5, 0.6) is 0 Å². The van der Waals surface area contributed by atoms with Crippen LogP contribution in [0.15, 0.2) is 0 Å². The van der Waals surface area contributed by atoms with Crippen molar-refractivity contribution in [1.29, 1.82) is 0 Å². The maximum atomic E-state index is 12.0. The maximum absolute atomic E-state index is 12.0. The summed E-state index contributed by atoms with van der Waals surface area (Å²) in [6.07, 6.45) is 16.8. The van der Waals surface area contributed by atoms with Crippen molar-refractivity contribution in [3.8, 4) is 0 Å². The molecule has 0 aliphatic carbocycles. The Kier molecular flexibility index (Phi) is 21.6. The zero-order valence-corrected chi connectivity index (χ0v) is 20.8. The summed E-state index contributed by atoms with van der Waals surface area (Å²) >= 11 is 0. The molecule has 0 fully saturated rings. The molecule has 0 rings (SSSR count). The molecule has 0 saturated heterocycles. The van der Waals surface area contributed by atoms with E-state index in [1.54, 1.807) is 11.9 Å². The van der Waals surface area contributed by atoms with E-state index in [-0.39, 0.29) is 41.2 Å². The van der Waals surface area contributed by atoms with Crippen LogP contribution in [-0.4, -0.2) is 43.1 Å². The SMILES string of the molecule is CCCCCCCCCCCCCCC(=O)N(C)CCCCS(=O)(=O)[O-].[Na+]. The van der Waals surface area contributed by atoms with Crippen LogP contribution in [0.25, 0.3) is 0 Å². The van der Waals surface area contributed by atoms with Crippen LogP contribution >= 0.6 is 0 Å². The van der Waals surface area contributed by atoms with Crippen molar-refractivity contribution in [3.05, 3.63) is 0 Å². The molecule has 0 bridgehead atoms. The van der Waals surface area contributed by atoms with Crippen molar-refractivity contribution in [2.24, 2.45) is 0 Å². The molecule has 1 amide bonds. The molecule has 0 N–H and O–H groups in total. The predicted molar refractivity (Wildman–Crippen MR) is 107 cm³/mol. The van der Waals surface area contributed by atoms with E-state index in [9.17, 15) is 17.8 Å². The van der Waals surface area contributed by atoms with E-state index in [1.165, 1.54) is 64.2 Å². The molecule has 5 nitrogen and oxygen atoms in total. The molecule has 0 atom stereocenters. The van der Waals surface area contributed by atoms with Crippen LogP contribution < -0.4 is 29.6 Å². The fraction of sp³-hybridized carbons (Fsp3) is 0.950. The molecular weight excluding hydrogens is 373 g/mol. The molecule has 0 unspecified atom stereocenters. The van der Waals surface area contributed by atoms with Crippen LogP contribution in [0.1, 0.15) is 103 Å². The van der Waals surface area contributed by atoms with Gasteiger partial charge in [0.05, 0.1) is 10.1 Å². The minimum absolute atomic E-state index is 0. The summed E-state index contributed by atoms with van der Waals surface area (Å²) < 4.78 is 31.5. The van der Waals surface area contributed by atoms with Gasteiger partial charge < -0.3 is 9.45 Å². The predicted octanol–water partition coefficient (Wildman–Crippen LogP) is 1.87. The second kappa shape index (κ2) is 19.7. The Morgan fingerprint density at radius 2 is 1.22 bits per heavy atom. The van der Waals surface area contributed by atoms with Gasteiger partial charge in [-0.1, -0.05) is 77.6 Å². The number of amides is 1. The molecule has 0 aliphatic heterocycles. The van der Waals surface area contributed by atoms with Crippen molar-refractivity contribution in [2.45, 2.75) is 103 Å². The molecule has 0 aromatic heterocycles. The van der Waals surface area contributed by atoms with E-state index in [1.807, 2.05) is 0 Å². The molecule has 0 aliphatic rings. The van der Waals surface area contributed by atoms with E-state index in [2.05, 4.69) is 6.92 Å². The van der Waals surface area contributed by atoms with Gasteiger partial charge in [-0.15, -0.1) is 0 Å². The second-order valence-electron chi connectivity index (χ2n) is 7.42. The number of rotatable bonds is 18. The van der Waals surface area contributed by atoms with Gasteiger partial charge in [0.2, 0.25) is 5.91 Å². The summed E-state index contributed by atoms with van der Waals surface area (Å²) in [5.41, 5.74) is 0. The zero-order valence-electron chi connectivity index (χ0n) is 18.0. The largest absolute Gasteiger partial charge is 1.00 e. The fourth-order valence-corrected chi connectivity index (χ4v) is 3.62. The minimum atomic E-state index is -4.13. The molecule has 0 aromatic carbocycles. The van der Waals surface area contributed by atoms with Crippen LogP contribution in [-0.2, 0) is 14.9 Å². The summed E-state index contributed by atoms with van der Waals surface area (Å²) in [5, 5.41) is 0.